The summed E-state index contributed by atoms with van der Waals surface area (Å²) in [5, 5.41) is 0.932. The SMILES string of the molecule is CCSCCCOc1c(Cl)cc(N)cc1Cl. The zero-order valence-corrected chi connectivity index (χ0v) is 11.5. The number of anilines is 1. The van der Waals surface area contributed by atoms with E-state index in [0.29, 0.717) is 28.1 Å². The van der Waals surface area contributed by atoms with Gasteiger partial charge < -0.3 is 10.5 Å². The van der Waals surface area contributed by atoms with Gasteiger partial charge in [0.05, 0.1) is 16.7 Å². The molecule has 0 radical (unpaired) electrons. The van der Waals surface area contributed by atoms with E-state index >= 15 is 0 Å². The van der Waals surface area contributed by atoms with Crippen LogP contribution in [0.1, 0.15) is 13.3 Å². The van der Waals surface area contributed by atoms with E-state index in [0.717, 1.165) is 17.9 Å². The maximum Gasteiger partial charge on any atom is 0.156 e. The van der Waals surface area contributed by atoms with Crippen LogP contribution in [0.25, 0.3) is 0 Å². The quantitative estimate of drug-likeness (QED) is 0.629. The fraction of sp³-hybridized carbons (Fsp3) is 0.455. The highest BCUT2D eigenvalue weighted by Gasteiger charge is 2.08. The van der Waals surface area contributed by atoms with Crippen LogP contribution in [-0.4, -0.2) is 18.1 Å². The van der Waals surface area contributed by atoms with Crippen molar-refractivity contribution in [2.24, 2.45) is 0 Å². The molecule has 1 rings (SSSR count). The Morgan fingerprint density at radius 3 is 2.50 bits per heavy atom. The Labute approximate surface area is 110 Å². The molecule has 0 atom stereocenters. The molecular formula is C11H15Cl2NOS. The van der Waals surface area contributed by atoms with Gasteiger partial charge in [-0.3, -0.25) is 0 Å². The van der Waals surface area contributed by atoms with Crippen LogP contribution in [0.5, 0.6) is 5.75 Å². The zero-order chi connectivity index (χ0) is 12.0. The van der Waals surface area contributed by atoms with Gasteiger partial charge in [0.1, 0.15) is 0 Å². The lowest BCUT2D eigenvalue weighted by Crippen LogP contribution is -2.00. The van der Waals surface area contributed by atoms with Gasteiger partial charge in [-0.05, 0) is 30.1 Å². The molecule has 0 aliphatic heterocycles. The van der Waals surface area contributed by atoms with E-state index < -0.39 is 0 Å². The molecule has 5 heteroatoms. The van der Waals surface area contributed by atoms with Gasteiger partial charge in [0.2, 0.25) is 0 Å². The standard InChI is InChI=1S/C11H15Cl2NOS/c1-2-16-5-3-4-15-11-9(12)6-8(14)7-10(11)13/h6-7H,2-5,14H2,1H3. The Morgan fingerprint density at radius 1 is 1.31 bits per heavy atom. The maximum atomic E-state index is 5.98. The molecule has 0 spiro atoms. The van der Waals surface area contributed by atoms with Crippen LogP contribution >= 0.6 is 35.0 Å². The number of rotatable bonds is 6. The summed E-state index contributed by atoms with van der Waals surface area (Å²) < 4.78 is 5.54. The van der Waals surface area contributed by atoms with Crippen LogP contribution in [0.4, 0.5) is 5.69 Å². The molecule has 16 heavy (non-hydrogen) atoms. The van der Waals surface area contributed by atoms with Crippen LogP contribution in [-0.2, 0) is 0 Å². The van der Waals surface area contributed by atoms with E-state index in [1.807, 2.05) is 11.8 Å². The molecule has 2 N–H and O–H groups in total. The number of nitrogen functional groups attached to an aromatic ring is 1. The Bertz CT molecular complexity index is 324. The van der Waals surface area contributed by atoms with Gasteiger partial charge in [0, 0.05) is 5.69 Å². The van der Waals surface area contributed by atoms with Crippen molar-refractivity contribution in [2.75, 3.05) is 23.8 Å². The Hall–Kier alpha value is -0.250. The largest absolute Gasteiger partial charge is 0.490 e. The first-order chi connectivity index (χ1) is 7.65. The Morgan fingerprint density at radius 2 is 1.94 bits per heavy atom. The van der Waals surface area contributed by atoms with Crippen LogP contribution in [0, 0.1) is 0 Å². The second-order valence-corrected chi connectivity index (χ2v) is 5.42. The van der Waals surface area contributed by atoms with Gasteiger partial charge in [-0.1, -0.05) is 30.1 Å². The van der Waals surface area contributed by atoms with E-state index in [1.165, 1.54) is 0 Å². The molecule has 0 unspecified atom stereocenters. The molecule has 90 valence electrons. The molecule has 0 aliphatic carbocycles. The first-order valence-electron chi connectivity index (χ1n) is 5.10. The number of ether oxygens (including phenoxy) is 1. The van der Waals surface area contributed by atoms with E-state index in [-0.39, 0.29) is 0 Å². The summed E-state index contributed by atoms with van der Waals surface area (Å²) in [4.78, 5) is 0. The minimum Gasteiger partial charge on any atom is -0.490 e. The highest BCUT2D eigenvalue weighted by atomic mass is 35.5. The molecule has 0 heterocycles. The number of benzene rings is 1. The first kappa shape index (κ1) is 13.8. The first-order valence-corrected chi connectivity index (χ1v) is 7.01. The van der Waals surface area contributed by atoms with Crippen molar-refractivity contribution < 1.29 is 4.74 Å². The van der Waals surface area contributed by atoms with Gasteiger partial charge in [0.25, 0.3) is 0 Å². The third-order valence-electron chi connectivity index (χ3n) is 1.90. The third kappa shape index (κ3) is 4.32. The summed E-state index contributed by atoms with van der Waals surface area (Å²) in [6.45, 7) is 2.76. The van der Waals surface area contributed by atoms with Gasteiger partial charge in [0.15, 0.2) is 5.75 Å². The average Bonchev–Trinajstić information content (AvgIpc) is 2.20. The predicted molar refractivity (Wildman–Crippen MR) is 74.0 cm³/mol. The average molecular weight is 280 g/mol. The number of thioether (sulfide) groups is 1. The van der Waals surface area contributed by atoms with Gasteiger partial charge in [-0.25, -0.2) is 0 Å². The molecule has 1 aromatic rings. The lowest BCUT2D eigenvalue weighted by atomic mass is 10.3. The third-order valence-corrected chi connectivity index (χ3v) is 3.45. The van der Waals surface area contributed by atoms with E-state index in [1.54, 1.807) is 12.1 Å². The molecule has 0 saturated heterocycles. The molecule has 0 aliphatic rings. The van der Waals surface area contributed by atoms with Crippen molar-refractivity contribution in [1.82, 2.24) is 0 Å². The predicted octanol–water partition coefficient (Wildman–Crippen LogP) is 4.10. The highest BCUT2D eigenvalue weighted by Crippen LogP contribution is 2.35. The highest BCUT2D eigenvalue weighted by molar-refractivity contribution is 7.99. The normalized spacial score (nSPS) is 10.4. The summed E-state index contributed by atoms with van der Waals surface area (Å²) in [5.41, 5.74) is 6.14. The second kappa shape index (κ2) is 7.15. The molecule has 1 aromatic carbocycles. The minimum absolute atomic E-state index is 0.466. The number of halogens is 2. The lowest BCUT2D eigenvalue weighted by Gasteiger charge is -2.10. The van der Waals surface area contributed by atoms with E-state index in [4.69, 9.17) is 33.7 Å². The van der Waals surface area contributed by atoms with Crippen molar-refractivity contribution in [2.45, 2.75) is 13.3 Å². The number of hydrogen-bond acceptors (Lipinski definition) is 3. The second-order valence-electron chi connectivity index (χ2n) is 3.21. The van der Waals surface area contributed by atoms with E-state index in [9.17, 15) is 0 Å². The van der Waals surface area contributed by atoms with Crippen molar-refractivity contribution in [3.8, 4) is 5.75 Å². The van der Waals surface area contributed by atoms with Gasteiger partial charge in [-0.15, -0.1) is 0 Å². The summed E-state index contributed by atoms with van der Waals surface area (Å²) in [6, 6.07) is 3.28. The maximum absolute atomic E-state index is 5.98. The van der Waals surface area contributed by atoms with Crippen LogP contribution in [0.2, 0.25) is 10.0 Å². The van der Waals surface area contributed by atoms with Crippen LogP contribution in [0.15, 0.2) is 12.1 Å². The molecule has 0 fully saturated rings. The van der Waals surface area contributed by atoms with Crippen molar-refractivity contribution in [1.29, 1.82) is 0 Å². The Kier molecular flexibility index (Phi) is 6.17. The molecule has 0 bridgehead atoms. The monoisotopic (exact) mass is 279 g/mol. The summed E-state index contributed by atoms with van der Waals surface area (Å²) in [6.07, 6.45) is 0.982. The minimum atomic E-state index is 0.466. The lowest BCUT2D eigenvalue weighted by molar-refractivity contribution is 0.319. The summed E-state index contributed by atoms with van der Waals surface area (Å²) in [7, 11) is 0. The molecule has 0 amide bonds. The van der Waals surface area contributed by atoms with Gasteiger partial charge >= 0.3 is 0 Å². The van der Waals surface area contributed by atoms with Gasteiger partial charge in [-0.2, -0.15) is 11.8 Å². The summed E-state index contributed by atoms with van der Waals surface area (Å²) in [5.74, 6) is 2.74. The van der Waals surface area contributed by atoms with Crippen molar-refractivity contribution in [3.63, 3.8) is 0 Å². The fourth-order valence-electron chi connectivity index (χ4n) is 1.20. The Balaban J connectivity index is 2.47. The molecule has 2 nitrogen and oxygen atoms in total. The topological polar surface area (TPSA) is 35.2 Å². The fourth-order valence-corrected chi connectivity index (χ4v) is 2.42. The number of nitrogens with two attached hydrogens (primary N) is 1. The van der Waals surface area contributed by atoms with Crippen LogP contribution < -0.4 is 10.5 Å². The van der Waals surface area contributed by atoms with E-state index in [2.05, 4.69) is 6.92 Å². The molecule has 0 aromatic heterocycles. The number of hydrogen-bond donors (Lipinski definition) is 1. The van der Waals surface area contributed by atoms with Crippen molar-refractivity contribution >= 4 is 40.7 Å². The zero-order valence-electron chi connectivity index (χ0n) is 9.13. The van der Waals surface area contributed by atoms with Crippen molar-refractivity contribution in [3.05, 3.63) is 22.2 Å². The summed E-state index contributed by atoms with van der Waals surface area (Å²) >= 11 is 13.8. The van der Waals surface area contributed by atoms with Crippen LogP contribution in [0.3, 0.4) is 0 Å². The molecule has 0 saturated carbocycles. The smallest absolute Gasteiger partial charge is 0.156 e. The molecular weight excluding hydrogens is 265 g/mol.